The van der Waals surface area contributed by atoms with Gasteiger partial charge in [0.25, 0.3) is 0 Å². The van der Waals surface area contributed by atoms with Crippen molar-refractivity contribution in [3.05, 3.63) is 42.0 Å². The molecule has 0 N–H and O–H groups in total. The van der Waals surface area contributed by atoms with Crippen molar-refractivity contribution in [3.8, 4) is 5.75 Å². The molecular weight excluding hydrogens is 366 g/mol. The van der Waals surface area contributed by atoms with E-state index in [1.54, 1.807) is 7.11 Å². The first-order chi connectivity index (χ1) is 13.2. The SMILES string of the molecule is COc1ccc2cc(C(C)CN3CCCCC3C3CCCCC3)ccc2c1.Cl. The van der Waals surface area contributed by atoms with Gasteiger partial charge in [-0.15, -0.1) is 12.4 Å². The van der Waals surface area contributed by atoms with Crippen molar-refractivity contribution in [3.63, 3.8) is 0 Å². The first-order valence-corrected chi connectivity index (χ1v) is 11.1. The number of methoxy groups -OCH3 is 1. The lowest BCUT2D eigenvalue weighted by Gasteiger charge is -2.43. The van der Waals surface area contributed by atoms with E-state index in [0.29, 0.717) is 5.92 Å². The number of piperidine rings is 1. The zero-order chi connectivity index (χ0) is 18.6. The van der Waals surface area contributed by atoms with Crippen LogP contribution >= 0.6 is 12.4 Å². The first-order valence-electron chi connectivity index (χ1n) is 11.1. The van der Waals surface area contributed by atoms with Gasteiger partial charge in [-0.25, -0.2) is 0 Å². The highest BCUT2D eigenvalue weighted by Crippen LogP contribution is 2.35. The second kappa shape index (κ2) is 9.98. The lowest BCUT2D eigenvalue weighted by molar-refractivity contribution is 0.0769. The molecule has 0 radical (unpaired) electrons. The number of halogens is 1. The average Bonchev–Trinajstić information content (AvgIpc) is 2.74. The number of likely N-dealkylation sites (tertiary alicyclic amines) is 1. The fourth-order valence-electron chi connectivity index (χ4n) is 5.43. The average molecular weight is 402 g/mol. The minimum absolute atomic E-state index is 0. The molecule has 0 aromatic heterocycles. The van der Waals surface area contributed by atoms with Gasteiger partial charge in [-0.05, 0) is 72.5 Å². The Labute approximate surface area is 177 Å². The summed E-state index contributed by atoms with van der Waals surface area (Å²) in [4.78, 5) is 2.85. The lowest BCUT2D eigenvalue weighted by Crippen LogP contribution is -2.46. The van der Waals surface area contributed by atoms with E-state index in [1.807, 2.05) is 0 Å². The highest BCUT2D eigenvalue weighted by molar-refractivity contribution is 5.85. The molecule has 2 nitrogen and oxygen atoms in total. The van der Waals surface area contributed by atoms with E-state index in [0.717, 1.165) is 17.7 Å². The van der Waals surface area contributed by atoms with E-state index in [2.05, 4.69) is 48.2 Å². The molecule has 0 bridgehead atoms. The fraction of sp³-hybridized carbons (Fsp3) is 0.600. The van der Waals surface area contributed by atoms with Crippen LogP contribution in [0, 0.1) is 5.92 Å². The van der Waals surface area contributed by atoms with Crippen molar-refractivity contribution >= 4 is 23.2 Å². The summed E-state index contributed by atoms with van der Waals surface area (Å²) in [6.07, 6.45) is 11.5. The van der Waals surface area contributed by atoms with Gasteiger partial charge in [-0.2, -0.15) is 0 Å². The molecule has 2 fully saturated rings. The number of rotatable bonds is 5. The van der Waals surface area contributed by atoms with Gasteiger partial charge in [0.2, 0.25) is 0 Å². The van der Waals surface area contributed by atoms with Crippen LogP contribution in [0.4, 0.5) is 0 Å². The quantitative estimate of drug-likeness (QED) is 0.545. The molecule has 0 spiro atoms. The molecule has 2 atom stereocenters. The first kappa shape index (κ1) is 21.5. The summed E-state index contributed by atoms with van der Waals surface area (Å²) in [5.41, 5.74) is 1.47. The molecule has 1 saturated heterocycles. The normalized spacial score (nSPS) is 22.6. The Bertz CT molecular complexity index is 755. The molecule has 1 heterocycles. The van der Waals surface area contributed by atoms with Crippen LogP contribution in [0.3, 0.4) is 0 Å². The number of benzene rings is 2. The van der Waals surface area contributed by atoms with Crippen molar-refractivity contribution in [2.45, 2.75) is 70.3 Å². The predicted octanol–water partition coefficient (Wildman–Crippen LogP) is 6.81. The van der Waals surface area contributed by atoms with Crippen molar-refractivity contribution in [1.29, 1.82) is 0 Å². The Hall–Kier alpha value is -1.25. The topological polar surface area (TPSA) is 12.5 Å². The Morgan fingerprint density at radius 3 is 2.43 bits per heavy atom. The maximum absolute atomic E-state index is 5.36. The van der Waals surface area contributed by atoms with Gasteiger partial charge in [0, 0.05) is 12.6 Å². The smallest absolute Gasteiger partial charge is 0.119 e. The van der Waals surface area contributed by atoms with Gasteiger partial charge in [0.15, 0.2) is 0 Å². The van der Waals surface area contributed by atoms with Crippen LogP contribution in [0.2, 0.25) is 0 Å². The minimum atomic E-state index is 0. The third-order valence-electron chi connectivity index (χ3n) is 7.01. The van der Waals surface area contributed by atoms with E-state index in [-0.39, 0.29) is 12.4 Å². The Kier molecular flexibility index (Phi) is 7.65. The molecule has 154 valence electrons. The second-order valence-corrected chi connectivity index (χ2v) is 8.83. The zero-order valence-electron chi connectivity index (χ0n) is 17.5. The molecular formula is C25H36ClNO. The summed E-state index contributed by atoms with van der Waals surface area (Å²) in [6.45, 7) is 4.93. The van der Waals surface area contributed by atoms with Crippen molar-refractivity contribution in [2.24, 2.45) is 5.92 Å². The van der Waals surface area contributed by atoms with Crippen molar-refractivity contribution in [2.75, 3.05) is 20.2 Å². The van der Waals surface area contributed by atoms with E-state index >= 15 is 0 Å². The molecule has 1 aliphatic heterocycles. The summed E-state index contributed by atoms with van der Waals surface area (Å²) in [5.74, 6) is 2.47. The highest BCUT2D eigenvalue weighted by Gasteiger charge is 2.31. The number of hydrogen-bond acceptors (Lipinski definition) is 2. The van der Waals surface area contributed by atoms with Crippen LogP contribution in [0.5, 0.6) is 5.75 Å². The van der Waals surface area contributed by atoms with Crippen LogP contribution in [0.25, 0.3) is 10.8 Å². The summed E-state index contributed by atoms with van der Waals surface area (Å²) < 4.78 is 5.36. The molecule has 28 heavy (non-hydrogen) atoms. The van der Waals surface area contributed by atoms with Crippen molar-refractivity contribution < 1.29 is 4.74 Å². The van der Waals surface area contributed by atoms with E-state index in [1.165, 1.54) is 80.8 Å². The minimum Gasteiger partial charge on any atom is -0.497 e. The van der Waals surface area contributed by atoms with E-state index in [9.17, 15) is 0 Å². The standard InChI is InChI=1S/C25H35NO.ClH/c1-19(21-11-12-23-17-24(27-2)14-13-22(23)16-21)18-26-15-7-6-10-25(26)20-8-4-3-5-9-20;/h11-14,16-17,19-20,25H,3-10,15,18H2,1-2H3;1H. The Morgan fingerprint density at radius 1 is 0.929 bits per heavy atom. The Morgan fingerprint density at radius 2 is 1.64 bits per heavy atom. The van der Waals surface area contributed by atoms with Crippen LogP contribution in [0.15, 0.2) is 36.4 Å². The maximum atomic E-state index is 5.36. The zero-order valence-corrected chi connectivity index (χ0v) is 18.3. The predicted molar refractivity (Wildman–Crippen MR) is 122 cm³/mol. The monoisotopic (exact) mass is 401 g/mol. The van der Waals surface area contributed by atoms with Crippen LogP contribution in [-0.4, -0.2) is 31.1 Å². The highest BCUT2D eigenvalue weighted by atomic mass is 35.5. The molecule has 2 aliphatic rings. The number of ether oxygens (including phenoxy) is 1. The molecule has 0 amide bonds. The Balaban J connectivity index is 0.00000225. The van der Waals surface area contributed by atoms with Gasteiger partial charge in [-0.3, -0.25) is 4.90 Å². The summed E-state index contributed by atoms with van der Waals surface area (Å²) in [5, 5.41) is 2.59. The lowest BCUT2D eigenvalue weighted by atomic mass is 9.79. The van der Waals surface area contributed by atoms with E-state index in [4.69, 9.17) is 4.74 Å². The largest absolute Gasteiger partial charge is 0.497 e. The second-order valence-electron chi connectivity index (χ2n) is 8.83. The number of nitrogens with zero attached hydrogens (tertiary/aromatic N) is 1. The number of hydrogen-bond donors (Lipinski definition) is 0. The molecule has 3 heteroatoms. The fourth-order valence-corrected chi connectivity index (χ4v) is 5.43. The van der Waals surface area contributed by atoms with Gasteiger partial charge in [0.05, 0.1) is 7.11 Å². The number of fused-ring (bicyclic) bond motifs is 1. The van der Waals surface area contributed by atoms with Crippen LogP contribution < -0.4 is 4.74 Å². The molecule has 2 aromatic carbocycles. The summed E-state index contributed by atoms with van der Waals surface area (Å²) >= 11 is 0. The van der Waals surface area contributed by atoms with Crippen molar-refractivity contribution in [1.82, 2.24) is 4.90 Å². The molecule has 2 aromatic rings. The summed E-state index contributed by atoms with van der Waals surface area (Å²) in [6, 6.07) is 14.2. The molecule has 1 aliphatic carbocycles. The third kappa shape index (κ3) is 4.83. The third-order valence-corrected chi connectivity index (χ3v) is 7.01. The molecule has 2 unspecified atom stereocenters. The van der Waals surface area contributed by atoms with E-state index < -0.39 is 0 Å². The van der Waals surface area contributed by atoms with Gasteiger partial charge < -0.3 is 4.74 Å². The molecule has 4 rings (SSSR count). The van der Waals surface area contributed by atoms with Gasteiger partial charge >= 0.3 is 0 Å². The van der Waals surface area contributed by atoms with Gasteiger partial charge in [-0.1, -0.05) is 56.9 Å². The van der Waals surface area contributed by atoms with Gasteiger partial charge in [0.1, 0.15) is 5.75 Å². The maximum Gasteiger partial charge on any atom is 0.119 e. The van der Waals surface area contributed by atoms with Crippen LogP contribution in [0.1, 0.15) is 69.8 Å². The van der Waals surface area contributed by atoms with Crippen LogP contribution in [-0.2, 0) is 0 Å². The summed E-state index contributed by atoms with van der Waals surface area (Å²) in [7, 11) is 1.74. The molecule has 1 saturated carbocycles.